The van der Waals surface area contributed by atoms with Gasteiger partial charge in [0.1, 0.15) is 19.2 Å². The van der Waals surface area contributed by atoms with Crippen LogP contribution in [-0.2, 0) is 7.05 Å². The quantitative estimate of drug-likeness (QED) is 0.618. The van der Waals surface area contributed by atoms with Crippen molar-refractivity contribution in [2.75, 3.05) is 6.61 Å². The first-order valence-electron chi connectivity index (χ1n) is 6.68. The van der Waals surface area contributed by atoms with E-state index in [-0.39, 0.29) is 11.7 Å². The van der Waals surface area contributed by atoms with Crippen LogP contribution in [0.3, 0.4) is 0 Å². The molecule has 6 heteroatoms. The molecule has 0 amide bonds. The van der Waals surface area contributed by atoms with E-state index < -0.39 is 0 Å². The van der Waals surface area contributed by atoms with Crippen molar-refractivity contribution in [2.45, 2.75) is 6.04 Å². The van der Waals surface area contributed by atoms with Crippen molar-refractivity contribution < 1.29 is 9.30 Å². The van der Waals surface area contributed by atoms with E-state index in [4.69, 9.17) is 10.5 Å². The van der Waals surface area contributed by atoms with Crippen LogP contribution in [0.25, 0.3) is 11.0 Å². The first-order valence-corrected chi connectivity index (χ1v) is 6.68. The van der Waals surface area contributed by atoms with Gasteiger partial charge in [-0.05, 0) is 5.56 Å². The van der Waals surface area contributed by atoms with Gasteiger partial charge < -0.3 is 20.4 Å². The molecule has 1 unspecified atom stereocenters. The number of benzene rings is 1. The number of ether oxygens (including phenoxy) is 1. The van der Waals surface area contributed by atoms with Crippen LogP contribution in [-0.4, -0.2) is 16.6 Å². The van der Waals surface area contributed by atoms with E-state index >= 15 is 0 Å². The summed E-state index contributed by atoms with van der Waals surface area (Å²) in [5.41, 5.74) is 8.35. The molecule has 1 atom stereocenters. The van der Waals surface area contributed by atoms with Crippen molar-refractivity contribution >= 4 is 11.0 Å². The van der Waals surface area contributed by atoms with Crippen LogP contribution >= 0.6 is 0 Å². The summed E-state index contributed by atoms with van der Waals surface area (Å²) < 4.78 is 7.58. The average Bonchev–Trinajstić information content (AvgIpc) is 2.84. The zero-order chi connectivity index (χ0) is 14.8. The fraction of sp³-hybridized carbons (Fsp3) is 0.200. The molecule has 0 aliphatic carbocycles. The molecule has 0 spiro atoms. The van der Waals surface area contributed by atoms with Gasteiger partial charge in [0.25, 0.3) is 0 Å². The summed E-state index contributed by atoms with van der Waals surface area (Å²) in [6.07, 6.45) is 1.80. The van der Waals surface area contributed by atoms with Gasteiger partial charge in [0.2, 0.25) is 0 Å². The smallest absolute Gasteiger partial charge is 0.369 e. The van der Waals surface area contributed by atoms with Gasteiger partial charge in [0.05, 0.1) is 17.6 Å². The Hall–Kier alpha value is -2.60. The number of nitrogens with zero attached hydrogens (tertiary/aromatic N) is 1. The molecule has 0 aliphatic heterocycles. The van der Waals surface area contributed by atoms with Crippen LogP contribution < -0.4 is 20.7 Å². The number of aryl methyl sites for hydroxylation is 1. The van der Waals surface area contributed by atoms with Crippen molar-refractivity contribution in [3.05, 3.63) is 58.6 Å². The van der Waals surface area contributed by atoms with Crippen LogP contribution in [0, 0.1) is 0 Å². The molecular formula is C15H17N4O2+. The van der Waals surface area contributed by atoms with Gasteiger partial charge in [-0.3, -0.25) is 0 Å². The summed E-state index contributed by atoms with van der Waals surface area (Å²) in [7, 11) is 1.86. The normalized spacial score (nSPS) is 12.5. The Balaban J connectivity index is 1.78. The second-order valence-corrected chi connectivity index (χ2v) is 4.96. The number of imidazole rings is 1. The summed E-state index contributed by atoms with van der Waals surface area (Å²) in [5.74, 6) is 0.643. The maximum Gasteiger partial charge on any atom is 0.369 e. The number of hydrogen-bond donors (Lipinski definition) is 3. The lowest BCUT2D eigenvalue weighted by atomic mass is 10.1. The molecule has 4 N–H and O–H groups in total. The minimum absolute atomic E-state index is 0.202. The highest BCUT2D eigenvalue weighted by Gasteiger charge is 2.14. The van der Waals surface area contributed by atoms with Crippen LogP contribution in [0.5, 0.6) is 5.88 Å². The van der Waals surface area contributed by atoms with Crippen LogP contribution in [0.4, 0.5) is 0 Å². The fourth-order valence-electron chi connectivity index (χ4n) is 2.22. The zero-order valence-electron chi connectivity index (χ0n) is 11.7. The van der Waals surface area contributed by atoms with Crippen molar-refractivity contribution in [3.63, 3.8) is 0 Å². The van der Waals surface area contributed by atoms with E-state index in [1.54, 1.807) is 12.3 Å². The minimum atomic E-state index is -0.233. The number of aromatic amines is 2. The van der Waals surface area contributed by atoms with Crippen molar-refractivity contribution in [1.29, 1.82) is 0 Å². The lowest BCUT2D eigenvalue weighted by Crippen LogP contribution is -2.32. The lowest BCUT2D eigenvalue weighted by Gasteiger charge is -2.12. The average molecular weight is 285 g/mol. The van der Waals surface area contributed by atoms with Crippen molar-refractivity contribution in [1.82, 2.24) is 9.97 Å². The highest BCUT2D eigenvalue weighted by atomic mass is 16.5. The number of hydrogen-bond acceptors (Lipinski definition) is 3. The van der Waals surface area contributed by atoms with Gasteiger partial charge in [-0.1, -0.05) is 30.3 Å². The maximum absolute atomic E-state index is 11.3. The predicted molar refractivity (Wildman–Crippen MR) is 79.0 cm³/mol. The van der Waals surface area contributed by atoms with Gasteiger partial charge in [-0.2, -0.15) is 4.57 Å². The molecule has 3 aromatic rings. The van der Waals surface area contributed by atoms with E-state index in [2.05, 4.69) is 9.97 Å². The second kappa shape index (κ2) is 5.41. The number of H-pyrrole nitrogens is 2. The molecule has 0 bridgehead atoms. The molecule has 0 aliphatic rings. The Morgan fingerprint density at radius 3 is 2.71 bits per heavy atom. The van der Waals surface area contributed by atoms with E-state index in [1.165, 1.54) is 0 Å². The Labute approximate surface area is 121 Å². The molecule has 0 fully saturated rings. The molecule has 3 rings (SSSR count). The molecule has 0 saturated heterocycles. The highest BCUT2D eigenvalue weighted by molar-refractivity contribution is 5.72. The number of aromatic nitrogens is 3. The summed E-state index contributed by atoms with van der Waals surface area (Å²) in [5, 5.41) is 0. The van der Waals surface area contributed by atoms with Crippen LogP contribution in [0.15, 0.2) is 47.4 Å². The number of nitrogens with one attached hydrogen (secondary N) is 2. The second-order valence-electron chi connectivity index (χ2n) is 4.96. The predicted octanol–water partition coefficient (Wildman–Crippen LogP) is 0.760. The molecule has 1 aromatic carbocycles. The monoisotopic (exact) mass is 285 g/mol. The molecule has 2 aromatic heterocycles. The Kier molecular flexibility index (Phi) is 3.45. The van der Waals surface area contributed by atoms with E-state index in [1.807, 2.05) is 41.9 Å². The highest BCUT2D eigenvalue weighted by Crippen LogP contribution is 2.14. The maximum atomic E-state index is 11.3. The molecule has 0 radical (unpaired) electrons. The molecule has 0 saturated carbocycles. The van der Waals surface area contributed by atoms with Crippen molar-refractivity contribution in [2.24, 2.45) is 12.8 Å². The number of pyridine rings is 1. The first-order chi connectivity index (χ1) is 10.1. The van der Waals surface area contributed by atoms with Gasteiger partial charge in [0.15, 0.2) is 6.20 Å². The fourth-order valence-corrected chi connectivity index (χ4v) is 2.22. The number of nitrogens with two attached hydrogens (primary N) is 1. The SMILES string of the molecule is C[n+]1cc2[nH]c(=O)[nH]c2cc1OCC(N)c1ccccc1. The third-order valence-electron chi connectivity index (χ3n) is 3.36. The standard InChI is InChI=1S/C15H16N4O2/c1-19-8-13-12(17-15(20)18-13)7-14(19)21-9-11(16)10-5-3-2-4-6-10/h2-8,11H,9,16H2,1H3,(H,18,20)/p+1. The number of fused-ring (bicyclic) bond motifs is 1. The van der Waals surface area contributed by atoms with Crippen LogP contribution in [0.1, 0.15) is 11.6 Å². The third-order valence-corrected chi connectivity index (χ3v) is 3.36. The first kappa shape index (κ1) is 13.4. The summed E-state index contributed by atoms with van der Waals surface area (Å²) in [6.45, 7) is 0.359. The van der Waals surface area contributed by atoms with Gasteiger partial charge in [-0.15, -0.1) is 0 Å². The van der Waals surface area contributed by atoms with E-state index in [9.17, 15) is 4.79 Å². The molecule has 108 valence electrons. The van der Waals surface area contributed by atoms with E-state index in [0.717, 1.165) is 11.1 Å². The summed E-state index contributed by atoms with van der Waals surface area (Å²) in [6, 6.07) is 11.4. The van der Waals surface area contributed by atoms with Gasteiger partial charge in [-0.25, -0.2) is 4.79 Å². The molecular weight excluding hydrogens is 268 g/mol. The topological polar surface area (TPSA) is 87.8 Å². The van der Waals surface area contributed by atoms with E-state index in [0.29, 0.717) is 18.0 Å². The zero-order valence-corrected chi connectivity index (χ0v) is 11.7. The summed E-state index contributed by atoms with van der Waals surface area (Å²) >= 11 is 0. The van der Waals surface area contributed by atoms with Gasteiger partial charge in [0, 0.05) is 0 Å². The minimum Gasteiger partial charge on any atom is -0.442 e. The Bertz CT molecular complexity index is 807. The third kappa shape index (κ3) is 2.80. The van der Waals surface area contributed by atoms with Crippen LogP contribution in [0.2, 0.25) is 0 Å². The molecule has 2 heterocycles. The van der Waals surface area contributed by atoms with Crippen molar-refractivity contribution in [3.8, 4) is 5.88 Å². The van der Waals surface area contributed by atoms with Gasteiger partial charge >= 0.3 is 11.6 Å². The number of rotatable bonds is 4. The lowest BCUT2D eigenvalue weighted by molar-refractivity contribution is -0.676. The Morgan fingerprint density at radius 2 is 1.95 bits per heavy atom. The Morgan fingerprint density at radius 1 is 1.24 bits per heavy atom. The largest absolute Gasteiger partial charge is 0.442 e. The summed E-state index contributed by atoms with van der Waals surface area (Å²) in [4.78, 5) is 16.7. The molecule has 6 nitrogen and oxygen atoms in total. The molecule has 21 heavy (non-hydrogen) atoms.